The number of halogens is 1. The van der Waals surface area contributed by atoms with Gasteiger partial charge >= 0.3 is 0 Å². The number of carbonyl (C=O) groups is 1. The van der Waals surface area contributed by atoms with Crippen molar-refractivity contribution in [3.63, 3.8) is 0 Å². The monoisotopic (exact) mass is 442 g/mol. The van der Waals surface area contributed by atoms with E-state index >= 15 is 0 Å². The molecule has 10 heteroatoms. The molecule has 29 heavy (non-hydrogen) atoms. The van der Waals surface area contributed by atoms with Gasteiger partial charge in [0.15, 0.2) is 11.5 Å². The second-order valence-corrected chi connectivity index (χ2v) is 8.37. The summed E-state index contributed by atoms with van der Waals surface area (Å²) in [6.07, 6.45) is 1.02. The van der Waals surface area contributed by atoms with Gasteiger partial charge in [0.05, 0.1) is 38.3 Å². The van der Waals surface area contributed by atoms with Gasteiger partial charge in [-0.1, -0.05) is 17.7 Å². The largest absolute Gasteiger partial charge is 0.495 e. The van der Waals surface area contributed by atoms with E-state index in [0.29, 0.717) is 17.2 Å². The van der Waals surface area contributed by atoms with Crippen LogP contribution in [0, 0.1) is 0 Å². The summed E-state index contributed by atoms with van der Waals surface area (Å²) < 4.78 is 40.9. The van der Waals surface area contributed by atoms with Crippen molar-refractivity contribution in [1.29, 1.82) is 0 Å². The molecule has 0 aliphatic carbocycles. The summed E-state index contributed by atoms with van der Waals surface area (Å²) in [6.45, 7) is -0.199. The zero-order chi connectivity index (χ0) is 21.6. The fraction of sp³-hybridized carbons (Fsp3) is 0.316. The molecule has 0 atom stereocenters. The number of nitrogens with one attached hydrogen (secondary N) is 1. The molecule has 0 fully saturated rings. The summed E-state index contributed by atoms with van der Waals surface area (Å²) >= 11 is 6.09. The standard InChI is InChI=1S/C19H23ClN2O6S/c1-26-16-8-6-14(10-15(16)20)22(29(4,24)25)12-19(23)21-11-13-5-7-17(27-2)18(9-13)28-3/h5-10H,11-12H2,1-4H3,(H,21,23). The van der Waals surface area contributed by atoms with E-state index in [9.17, 15) is 13.2 Å². The third-order valence-electron chi connectivity index (χ3n) is 4.05. The smallest absolute Gasteiger partial charge is 0.241 e. The van der Waals surface area contributed by atoms with Gasteiger partial charge in [0.25, 0.3) is 0 Å². The number of rotatable bonds is 9. The Kier molecular flexibility index (Phi) is 7.58. The van der Waals surface area contributed by atoms with Gasteiger partial charge < -0.3 is 19.5 Å². The Bertz CT molecular complexity index is 981. The van der Waals surface area contributed by atoms with Gasteiger partial charge in [-0.2, -0.15) is 0 Å². The molecule has 1 N–H and O–H groups in total. The van der Waals surface area contributed by atoms with Crippen LogP contribution in [0.3, 0.4) is 0 Å². The maximum absolute atomic E-state index is 12.4. The molecule has 0 saturated heterocycles. The highest BCUT2D eigenvalue weighted by molar-refractivity contribution is 7.92. The summed E-state index contributed by atoms with van der Waals surface area (Å²) in [6, 6.07) is 9.73. The lowest BCUT2D eigenvalue weighted by Gasteiger charge is -2.22. The fourth-order valence-electron chi connectivity index (χ4n) is 2.59. The first-order valence-corrected chi connectivity index (χ1v) is 10.7. The highest BCUT2D eigenvalue weighted by Gasteiger charge is 2.22. The second-order valence-electron chi connectivity index (χ2n) is 6.05. The molecule has 0 unspecified atom stereocenters. The lowest BCUT2D eigenvalue weighted by atomic mass is 10.2. The van der Waals surface area contributed by atoms with Crippen LogP contribution in [0.25, 0.3) is 0 Å². The number of sulfonamides is 1. The molecule has 158 valence electrons. The van der Waals surface area contributed by atoms with Gasteiger partial charge in [0, 0.05) is 6.54 Å². The summed E-state index contributed by atoms with van der Waals surface area (Å²) in [5.41, 5.74) is 1.04. The highest BCUT2D eigenvalue weighted by atomic mass is 35.5. The minimum absolute atomic E-state index is 0.195. The van der Waals surface area contributed by atoms with Crippen LogP contribution in [0.4, 0.5) is 5.69 Å². The molecule has 2 aromatic carbocycles. The minimum atomic E-state index is -3.72. The molecular formula is C19H23ClN2O6S. The van der Waals surface area contributed by atoms with Crippen molar-refractivity contribution in [2.24, 2.45) is 0 Å². The van der Waals surface area contributed by atoms with Crippen molar-refractivity contribution in [1.82, 2.24) is 5.32 Å². The molecular weight excluding hydrogens is 420 g/mol. The Morgan fingerprint density at radius 1 is 1.00 bits per heavy atom. The minimum Gasteiger partial charge on any atom is -0.495 e. The molecule has 2 aromatic rings. The maximum Gasteiger partial charge on any atom is 0.241 e. The molecule has 0 radical (unpaired) electrons. The zero-order valence-corrected chi connectivity index (χ0v) is 18.1. The number of anilines is 1. The Balaban J connectivity index is 2.12. The van der Waals surface area contributed by atoms with Gasteiger partial charge in [-0.25, -0.2) is 8.42 Å². The predicted octanol–water partition coefficient (Wildman–Crippen LogP) is 2.45. The van der Waals surface area contributed by atoms with Crippen LogP contribution in [-0.4, -0.2) is 48.5 Å². The van der Waals surface area contributed by atoms with E-state index in [0.717, 1.165) is 16.1 Å². The molecule has 0 spiro atoms. The topological polar surface area (TPSA) is 94.2 Å². The third-order valence-corrected chi connectivity index (χ3v) is 5.48. The molecule has 1 amide bonds. The molecule has 0 aliphatic heterocycles. The Labute approximate surface area is 175 Å². The average molecular weight is 443 g/mol. The first-order chi connectivity index (χ1) is 13.7. The SMILES string of the molecule is COc1ccc(N(CC(=O)NCc2ccc(OC)c(OC)c2)S(C)(=O)=O)cc1Cl. The first kappa shape index (κ1) is 22.6. The van der Waals surface area contributed by atoms with Gasteiger partial charge in [0.2, 0.25) is 15.9 Å². The molecule has 0 aliphatic rings. The van der Waals surface area contributed by atoms with E-state index in [1.165, 1.54) is 39.5 Å². The number of carbonyl (C=O) groups excluding carboxylic acids is 1. The second kappa shape index (κ2) is 9.71. The van der Waals surface area contributed by atoms with Gasteiger partial charge in [-0.3, -0.25) is 9.10 Å². The number of ether oxygens (including phenoxy) is 3. The molecule has 0 saturated carbocycles. The van der Waals surface area contributed by atoms with E-state index in [-0.39, 0.29) is 17.3 Å². The van der Waals surface area contributed by atoms with Crippen LogP contribution < -0.4 is 23.8 Å². The maximum atomic E-state index is 12.4. The first-order valence-electron chi connectivity index (χ1n) is 8.48. The van der Waals surface area contributed by atoms with Crippen molar-refractivity contribution < 1.29 is 27.4 Å². The predicted molar refractivity (Wildman–Crippen MR) is 112 cm³/mol. The van der Waals surface area contributed by atoms with Crippen molar-refractivity contribution in [3.05, 3.63) is 47.0 Å². The van der Waals surface area contributed by atoms with E-state index in [2.05, 4.69) is 5.32 Å². The van der Waals surface area contributed by atoms with Crippen molar-refractivity contribution in [3.8, 4) is 17.2 Å². The van der Waals surface area contributed by atoms with Crippen LogP contribution >= 0.6 is 11.6 Å². The lowest BCUT2D eigenvalue weighted by Crippen LogP contribution is -2.40. The van der Waals surface area contributed by atoms with Gasteiger partial charge in [-0.15, -0.1) is 0 Å². The zero-order valence-electron chi connectivity index (χ0n) is 16.6. The summed E-state index contributed by atoms with van der Waals surface area (Å²) in [7, 11) is 0.790. The van der Waals surface area contributed by atoms with Crippen molar-refractivity contribution in [2.45, 2.75) is 6.54 Å². The van der Waals surface area contributed by atoms with Gasteiger partial charge in [-0.05, 0) is 35.9 Å². The van der Waals surface area contributed by atoms with Crippen LogP contribution in [0.15, 0.2) is 36.4 Å². The van der Waals surface area contributed by atoms with Crippen LogP contribution in [-0.2, 0) is 21.4 Å². The Morgan fingerprint density at radius 2 is 1.62 bits per heavy atom. The van der Waals surface area contributed by atoms with Gasteiger partial charge in [0.1, 0.15) is 12.3 Å². The molecule has 8 nitrogen and oxygen atoms in total. The summed E-state index contributed by atoms with van der Waals surface area (Å²) in [5, 5.41) is 2.94. The number of methoxy groups -OCH3 is 3. The number of nitrogens with zero attached hydrogens (tertiary/aromatic N) is 1. The quantitative estimate of drug-likeness (QED) is 0.641. The van der Waals surface area contributed by atoms with E-state index in [4.69, 9.17) is 25.8 Å². The average Bonchev–Trinajstić information content (AvgIpc) is 2.69. The molecule has 2 rings (SSSR count). The Morgan fingerprint density at radius 3 is 2.17 bits per heavy atom. The lowest BCUT2D eigenvalue weighted by molar-refractivity contribution is -0.119. The van der Waals surface area contributed by atoms with E-state index in [1.807, 2.05) is 0 Å². The van der Waals surface area contributed by atoms with Crippen molar-refractivity contribution >= 4 is 33.2 Å². The molecule has 0 bridgehead atoms. The molecule has 0 aromatic heterocycles. The fourth-order valence-corrected chi connectivity index (χ4v) is 3.69. The molecule has 0 heterocycles. The number of hydrogen-bond donors (Lipinski definition) is 1. The highest BCUT2D eigenvalue weighted by Crippen LogP contribution is 2.30. The van der Waals surface area contributed by atoms with E-state index < -0.39 is 22.5 Å². The number of amides is 1. The summed E-state index contributed by atoms with van der Waals surface area (Å²) in [4.78, 5) is 12.4. The Hall–Kier alpha value is -2.65. The normalized spacial score (nSPS) is 10.9. The number of benzene rings is 2. The van der Waals surface area contributed by atoms with Crippen LogP contribution in [0.2, 0.25) is 5.02 Å². The third kappa shape index (κ3) is 5.91. The van der Waals surface area contributed by atoms with E-state index in [1.54, 1.807) is 18.2 Å². The van der Waals surface area contributed by atoms with Crippen LogP contribution in [0.1, 0.15) is 5.56 Å². The number of hydrogen-bond acceptors (Lipinski definition) is 6. The van der Waals surface area contributed by atoms with Crippen LogP contribution in [0.5, 0.6) is 17.2 Å². The summed E-state index contributed by atoms with van der Waals surface area (Å²) in [5.74, 6) is 1.03. The van der Waals surface area contributed by atoms with Crippen molar-refractivity contribution in [2.75, 3.05) is 38.4 Å².